The highest BCUT2D eigenvalue weighted by atomic mass is 16.4. The zero-order valence-electron chi connectivity index (χ0n) is 9.67. The molecule has 0 aliphatic carbocycles. The van der Waals surface area contributed by atoms with E-state index in [0.717, 1.165) is 6.42 Å². The number of hydrogen-bond acceptors (Lipinski definition) is 4. The number of carboxylic acids is 1. The first kappa shape index (κ1) is 11.4. The Morgan fingerprint density at radius 2 is 2.35 bits per heavy atom. The third-order valence-corrected chi connectivity index (χ3v) is 2.31. The van der Waals surface area contributed by atoms with Crippen LogP contribution in [0.3, 0.4) is 0 Å². The fourth-order valence-electron chi connectivity index (χ4n) is 1.56. The van der Waals surface area contributed by atoms with E-state index >= 15 is 0 Å². The maximum atomic E-state index is 11.0. The molecule has 2 aromatic rings. The first-order valence-electron chi connectivity index (χ1n) is 5.34. The number of hydrogen-bond donors (Lipinski definition) is 1. The minimum atomic E-state index is -1.09. The molecule has 17 heavy (non-hydrogen) atoms. The van der Waals surface area contributed by atoms with Crippen molar-refractivity contribution < 1.29 is 14.3 Å². The summed E-state index contributed by atoms with van der Waals surface area (Å²) in [6, 6.07) is 1.73. The maximum Gasteiger partial charge on any atom is 0.373 e. The first-order valence-corrected chi connectivity index (χ1v) is 5.34. The predicted molar refractivity (Wildman–Crippen MR) is 59.7 cm³/mol. The lowest BCUT2D eigenvalue weighted by molar-refractivity contribution is 0.0661. The van der Waals surface area contributed by atoms with Crippen molar-refractivity contribution in [1.82, 2.24) is 14.8 Å². The standard InChI is InChI=1S/C11H13N3O3/c1-3-4-7-9(11(15)16)17-10(12-7)8-5-6-14(2)13-8/h5-6H,3-4H2,1-2H3,(H,15,16). The van der Waals surface area contributed by atoms with Crippen molar-refractivity contribution in [3.05, 3.63) is 23.7 Å². The minimum Gasteiger partial charge on any atom is -0.475 e. The van der Waals surface area contributed by atoms with Crippen molar-refractivity contribution in [3.63, 3.8) is 0 Å². The Hall–Kier alpha value is -2.11. The molecule has 2 heterocycles. The van der Waals surface area contributed by atoms with Crippen LogP contribution in [0.25, 0.3) is 11.6 Å². The van der Waals surface area contributed by atoms with Gasteiger partial charge in [0, 0.05) is 13.2 Å². The van der Waals surface area contributed by atoms with Crippen LogP contribution in [-0.2, 0) is 13.5 Å². The summed E-state index contributed by atoms with van der Waals surface area (Å²) in [6.45, 7) is 1.96. The normalized spacial score (nSPS) is 10.7. The van der Waals surface area contributed by atoms with Gasteiger partial charge in [0.2, 0.25) is 11.7 Å². The number of oxazole rings is 1. The second-order valence-electron chi connectivity index (χ2n) is 3.72. The molecule has 6 heteroatoms. The quantitative estimate of drug-likeness (QED) is 0.872. The monoisotopic (exact) mass is 235 g/mol. The van der Waals surface area contributed by atoms with Crippen LogP contribution in [-0.4, -0.2) is 25.8 Å². The Balaban J connectivity index is 2.43. The van der Waals surface area contributed by atoms with Crippen molar-refractivity contribution >= 4 is 5.97 Å². The number of nitrogens with zero attached hydrogens (tertiary/aromatic N) is 3. The lowest BCUT2D eigenvalue weighted by Gasteiger charge is -1.91. The van der Waals surface area contributed by atoms with E-state index in [0.29, 0.717) is 17.8 Å². The van der Waals surface area contributed by atoms with Crippen LogP contribution in [0.4, 0.5) is 0 Å². The number of aryl methyl sites for hydroxylation is 2. The van der Waals surface area contributed by atoms with E-state index in [4.69, 9.17) is 9.52 Å². The number of aromatic nitrogens is 3. The highest BCUT2D eigenvalue weighted by Gasteiger charge is 2.20. The van der Waals surface area contributed by atoms with Crippen molar-refractivity contribution in [2.24, 2.45) is 7.05 Å². The SMILES string of the molecule is CCCc1nc(-c2ccn(C)n2)oc1C(=O)O. The molecule has 0 unspecified atom stereocenters. The van der Waals surface area contributed by atoms with Gasteiger partial charge in [0.05, 0.1) is 5.69 Å². The molecule has 0 spiro atoms. The van der Waals surface area contributed by atoms with Crippen molar-refractivity contribution in [1.29, 1.82) is 0 Å². The minimum absolute atomic E-state index is 0.0903. The largest absolute Gasteiger partial charge is 0.475 e. The fourth-order valence-corrected chi connectivity index (χ4v) is 1.56. The number of rotatable bonds is 4. The molecule has 2 rings (SSSR count). The Bertz CT molecular complexity index is 542. The lowest BCUT2D eigenvalue weighted by atomic mass is 10.2. The molecule has 0 saturated carbocycles. The summed E-state index contributed by atoms with van der Waals surface area (Å²) in [7, 11) is 1.78. The van der Waals surface area contributed by atoms with Crippen molar-refractivity contribution in [2.45, 2.75) is 19.8 Å². The maximum absolute atomic E-state index is 11.0. The molecular weight excluding hydrogens is 222 g/mol. The summed E-state index contributed by atoms with van der Waals surface area (Å²) in [5.41, 5.74) is 1.01. The number of aromatic carboxylic acids is 1. The first-order chi connectivity index (χ1) is 8.11. The Morgan fingerprint density at radius 3 is 2.88 bits per heavy atom. The summed E-state index contributed by atoms with van der Waals surface area (Å²) < 4.78 is 6.85. The van der Waals surface area contributed by atoms with Crippen LogP contribution in [0.5, 0.6) is 0 Å². The fraction of sp³-hybridized carbons (Fsp3) is 0.364. The van der Waals surface area contributed by atoms with E-state index in [1.54, 1.807) is 24.0 Å². The Labute approximate surface area is 97.9 Å². The van der Waals surface area contributed by atoms with Gasteiger partial charge in [-0.15, -0.1) is 0 Å². The van der Waals surface area contributed by atoms with E-state index < -0.39 is 5.97 Å². The van der Waals surface area contributed by atoms with Gasteiger partial charge in [-0.05, 0) is 12.5 Å². The molecule has 0 bridgehead atoms. The molecule has 90 valence electrons. The summed E-state index contributed by atoms with van der Waals surface area (Å²) in [4.78, 5) is 15.2. The molecule has 0 aliphatic rings. The summed E-state index contributed by atoms with van der Waals surface area (Å²) in [5, 5.41) is 13.1. The number of carboxylic acid groups (broad SMARTS) is 1. The molecule has 0 amide bonds. The van der Waals surface area contributed by atoms with Gasteiger partial charge in [0.1, 0.15) is 5.69 Å². The van der Waals surface area contributed by atoms with Gasteiger partial charge in [0.15, 0.2) is 0 Å². The van der Waals surface area contributed by atoms with Crippen LogP contribution in [0.15, 0.2) is 16.7 Å². The van der Waals surface area contributed by atoms with Gasteiger partial charge in [-0.3, -0.25) is 4.68 Å². The van der Waals surface area contributed by atoms with E-state index in [1.165, 1.54) is 0 Å². The van der Waals surface area contributed by atoms with Crippen LogP contribution in [0.1, 0.15) is 29.6 Å². The van der Waals surface area contributed by atoms with Gasteiger partial charge in [-0.25, -0.2) is 9.78 Å². The Morgan fingerprint density at radius 1 is 1.59 bits per heavy atom. The van der Waals surface area contributed by atoms with Crippen LogP contribution >= 0.6 is 0 Å². The predicted octanol–water partition coefficient (Wildman–Crippen LogP) is 1.73. The molecule has 2 aromatic heterocycles. The zero-order valence-corrected chi connectivity index (χ0v) is 9.67. The van der Waals surface area contributed by atoms with E-state index in [-0.39, 0.29) is 11.7 Å². The topological polar surface area (TPSA) is 81.2 Å². The lowest BCUT2D eigenvalue weighted by Crippen LogP contribution is -1.99. The molecule has 1 N–H and O–H groups in total. The average molecular weight is 235 g/mol. The molecule has 0 aromatic carbocycles. The summed E-state index contributed by atoms with van der Waals surface area (Å²) in [5.74, 6) is -0.929. The van der Waals surface area contributed by atoms with Gasteiger partial charge in [-0.2, -0.15) is 5.10 Å². The average Bonchev–Trinajstić information content (AvgIpc) is 2.85. The molecule has 0 fully saturated rings. The van der Waals surface area contributed by atoms with Gasteiger partial charge < -0.3 is 9.52 Å². The number of carbonyl (C=O) groups is 1. The molecule has 6 nitrogen and oxygen atoms in total. The second-order valence-corrected chi connectivity index (χ2v) is 3.72. The van der Waals surface area contributed by atoms with Crippen LogP contribution < -0.4 is 0 Å². The van der Waals surface area contributed by atoms with Crippen molar-refractivity contribution in [2.75, 3.05) is 0 Å². The van der Waals surface area contributed by atoms with E-state index in [2.05, 4.69) is 10.1 Å². The van der Waals surface area contributed by atoms with Gasteiger partial charge in [-0.1, -0.05) is 13.3 Å². The zero-order chi connectivity index (χ0) is 12.4. The highest BCUT2D eigenvalue weighted by Crippen LogP contribution is 2.21. The summed E-state index contributed by atoms with van der Waals surface area (Å²) in [6.07, 6.45) is 3.14. The molecule has 0 saturated heterocycles. The third-order valence-electron chi connectivity index (χ3n) is 2.31. The third kappa shape index (κ3) is 2.20. The van der Waals surface area contributed by atoms with Gasteiger partial charge in [0.25, 0.3) is 0 Å². The molecule has 0 radical (unpaired) electrons. The molecule has 0 atom stereocenters. The summed E-state index contributed by atoms with van der Waals surface area (Å²) >= 11 is 0. The van der Waals surface area contributed by atoms with Gasteiger partial charge >= 0.3 is 5.97 Å². The highest BCUT2D eigenvalue weighted by molar-refractivity contribution is 5.86. The molecular formula is C11H13N3O3. The van der Waals surface area contributed by atoms with E-state index in [9.17, 15) is 4.79 Å². The van der Waals surface area contributed by atoms with E-state index in [1.807, 2.05) is 6.92 Å². The smallest absolute Gasteiger partial charge is 0.373 e. The Kier molecular flexibility index (Phi) is 2.95. The van der Waals surface area contributed by atoms with Crippen molar-refractivity contribution in [3.8, 4) is 11.6 Å². The molecule has 0 aliphatic heterocycles. The van der Waals surface area contributed by atoms with Crippen LogP contribution in [0, 0.1) is 0 Å². The van der Waals surface area contributed by atoms with Crippen LogP contribution in [0.2, 0.25) is 0 Å². The second kappa shape index (κ2) is 4.40.